The molecule has 0 amide bonds. The molecule has 4 nitrogen and oxygen atoms in total. The first-order chi connectivity index (χ1) is 6.35. The fourth-order valence-electron chi connectivity index (χ4n) is 0.405. The third kappa shape index (κ3) is 7.14. The van der Waals surface area contributed by atoms with E-state index in [9.17, 15) is 22.8 Å². The van der Waals surface area contributed by atoms with Gasteiger partial charge >= 0.3 is 18.1 Å². The van der Waals surface area contributed by atoms with Crippen LogP contribution in [0.1, 0.15) is 0 Å². The number of carbonyl (C=O) groups excluding carboxylic acids is 2. The van der Waals surface area contributed by atoms with Crippen molar-refractivity contribution in [2.24, 2.45) is 0 Å². The minimum absolute atomic E-state index is 0.553. The lowest BCUT2D eigenvalue weighted by atomic mass is 10.5. The van der Waals surface area contributed by atoms with E-state index in [1.807, 2.05) is 0 Å². The maximum absolute atomic E-state index is 11.5. The molecule has 0 fully saturated rings. The number of ether oxygens (including phenoxy) is 2. The molecule has 0 aliphatic carbocycles. The van der Waals surface area contributed by atoms with Crippen molar-refractivity contribution in [1.29, 1.82) is 0 Å². The number of esters is 2. The van der Waals surface area contributed by atoms with Crippen LogP contribution in [0.15, 0.2) is 12.2 Å². The van der Waals surface area contributed by atoms with E-state index in [-0.39, 0.29) is 0 Å². The van der Waals surface area contributed by atoms with E-state index in [1.54, 1.807) is 0 Å². The monoisotopic (exact) mass is 212 g/mol. The van der Waals surface area contributed by atoms with Crippen LogP contribution in [-0.2, 0) is 19.1 Å². The largest absolute Gasteiger partial charge is 0.466 e. The molecule has 0 atom stereocenters. The molecule has 14 heavy (non-hydrogen) atoms. The molecule has 0 spiro atoms. The highest BCUT2D eigenvalue weighted by molar-refractivity contribution is 5.91. The predicted octanol–water partition coefficient (Wildman–Crippen LogP) is 0.821. The topological polar surface area (TPSA) is 52.6 Å². The molecular formula is C7H7F3O4. The minimum atomic E-state index is -4.57. The summed E-state index contributed by atoms with van der Waals surface area (Å²) in [5.74, 6) is -2.11. The summed E-state index contributed by atoms with van der Waals surface area (Å²) in [6.45, 7) is -1.68. The molecule has 0 rings (SSSR count). The molecule has 0 aromatic carbocycles. The van der Waals surface area contributed by atoms with Gasteiger partial charge in [-0.15, -0.1) is 0 Å². The molecule has 0 saturated carbocycles. The summed E-state index contributed by atoms with van der Waals surface area (Å²) in [6.07, 6.45) is -3.36. The predicted molar refractivity (Wildman–Crippen MR) is 38.2 cm³/mol. The number of rotatable bonds is 3. The van der Waals surface area contributed by atoms with E-state index in [1.165, 1.54) is 0 Å². The molecule has 0 heterocycles. The van der Waals surface area contributed by atoms with Crippen LogP contribution >= 0.6 is 0 Å². The van der Waals surface area contributed by atoms with Crippen LogP contribution in [-0.4, -0.2) is 31.8 Å². The third-order valence-corrected chi connectivity index (χ3v) is 0.935. The van der Waals surface area contributed by atoms with E-state index >= 15 is 0 Å². The van der Waals surface area contributed by atoms with E-state index in [0.29, 0.717) is 12.2 Å². The van der Waals surface area contributed by atoms with Gasteiger partial charge in [0.2, 0.25) is 0 Å². The van der Waals surface area contributed by atoms with Gasteiger partial charge in [-0.3, -0.25) is 0 Å². The van der Waals surface area contributed by atoms with E-state index < -0.39 is 24.7 Å². The van der Waals surface area contributed by atoms with Crippen molar-refractivity contribution in [2.45, 2.75) is 6.18 Å². The molecule has 0 N–H and O–H groups in total. The van der Waals surface area contributed by atoms with Crippen LogP contribution in [0.25, 0.3) is 0 Å². The van der Waals surface area contributed by atoms with Gasteiger partial charge in [-0.1, -0.05) is 0 Å². The number of halogens is 3. The second-order valence-corrected chi connectivity index (χ2v) is 2.08. The second kappa shape index (κ2) is 5.25. The van der Waals surface area contributed by atoms with Crippen molar-refractivity contribution in [3.05, 3.63) is 12.2 Å². The summed E-state index contributed by atoms with van der Waals surface area (Å²) in [7, 11) is 1.06. The van der Waals surface area contributed by atoms with Gasteiger partial charge in [0.25, 0.3) is 0 Å². The SMILES string of the molecule is COC(=O)C=CC(=O)OCC(F)(F)F. The minimum Gasteiger partial charge on any atom is -0.466 e. The van der Waals surface area contributed by atoms with Crippen LogP contribution in [0.4, 0.5) is 13.2 Å². The molecular weight excluding hydrogens is 205 g/mol. The summed E-state index contributed by atoms with van der Waals surface area (Å²) in [5.41, 5.74) is 0. The molecule has 0 aliphatic rings. The fraction of sp³-hybridized carbons (Fsp3) is 0.429. The molecule has 0 aliphatic heterocycles. The van der Waals surface area contributed by atoms with Crippen molar-refractivity contribution in [3.8, 4) is 0 Å². The van der Waals surface area contributed by atoms with Crippen molar-refractivity contribution in [3.63, 3.8) is 0 Å². The average molecular weight is 212 g/mol. The van der Waals surface area contributed by atoms with Gasteiger partial charge in [0.1, 0.15) is 0 Å². The first kappa shape index (κ1) is 12.5. The highest BCUT2D eigenvalue weighted by Gasteiger charge is 2.29. The maximum atomic E-state index is 11.5. The summed E-state index contributed by atoms with van der Waals surface area (Å²) in [6, 6.07) is 0. The van der Waals surface area contributed by atoms with E-state index in [4.69, 9.17) is 0 Å². The van der Waals surface area contributed by atoms with Crippen LogP contribution in [0.5, 0.6) is 0 Å². The maximum Gasteiger partial charge on any atom is 0.422 e. The van der Waals surface area contributed by atoms with E-state index in [2.05, 4.69) is 9.47 Å². The zero-order chi connectivity index (χ0) is 11.2. The molecule has 0 bridgehead atoms. The standard InChI is InChI=1S/C7H7F3O4/c1-13-5(11)2-3-6(12)14-4-7(8,9)10/h2-3H,4H2,1H3. The van der Waals surface area contributed by atoms with Gasteiger partial charge in [0, 0.05) is 12.2 Å². The Labute approximate surface area is 77.3 Å². The Bertz CT molecular complexity index is 244. The number of methoxy groups -OCH3 is 1. The fourth-order valence-corrected chi connectivity index (χ4v) is 0.405. The molecule has 0 aromatic rings. The summed E-state index contributed by atoms with van der Waals surface area (Å²) in [5, 5.41) is 0. The van der Waals surface area contributed by atoms with Gasteiger partial charge < -0.3 is 9.47 Å². The second-order valence-electron chi connectivity index (χ2n) is 2.08. The van der Waals surface area contributed by atoms with Gasteiger partial charge in [0.05, 0.1) is 7.11 Å². The average Bonchev–Trinajstić information content (AvgIpc) is 2.09. The van der Waals surface area contributed by atoms with Crippen molar-refractivity contribution in [1.82, 2.24) is 0 Å². The Hall–Kier alpha value is -1.53. The highest BCUT2D eigenvalue weighted by atomic mass is 19.4. The lowest BCUT2D eigenvalue weighted by Crippen LogP contribution is -2.19. The first-order valence-electron chi connectivity index (χ1n) is 3.34. The Morgan fingerprint density at radius 3 is 2.14 bits per heavy atom. The highest BCUT2D eigenvalue weighted by Crippen LogP contribution is 2.14. The van der Waals surface area contributed by atoms with Gasteiger partial charge in [-0.2, -0.15) is 13.2 Å². The molecule has 80 valence electrons. The Balaban J connectivity index is 3.88. The zero-order valence-electron chi connectivity index (χ0n) is 7.13. The lowest BCUT2D eigenvalue weighted by Gasteiger charge is -2.04. The van der Waals surface area contributed by atoms with Crippen molar-refractivity contribution in [2.75, 3.05) is 13.7 Å². The zero-order valence-corrected chi connectivity index (χ0v) is 7.13. The number of carbonyl (C=O) groups is 2. The van der Waals surface area contributed by atoms with Crippen LogP contribution in [0, 0.1) is 0 Å². The lowest BCUT2D eigenvalue weighted by molar-refractivity contribution is -0.182. The third-order valence-electron chi connectivity index (χ3n) is 0.935. The Kier molecular flexibility index (Phi) is 4.68. The van der Waals surface area contributed by atoms with Crippen molar-refractivity contribution >= 4 is 11.9 Å². The molecule has 7 heteroatoms. The van der Waals surface area contributed by atoms with E-state index in [0.717, 1.165) is 7.11 Å². The molecule has 0 aromatic heterocycles. The Morgan fingerprint density at radius 1 is 1.21 bits per heavy atom. The van der Waals surface area contributed by atoms with Gasteiger partial charge in [-0.05, 0) is 0 Å². The summed E-state index contributed by atoms with van der Waals surface area (Å²) < 4.78 is 42.3. The van der Waals surface area contributed by atoms with Gasteiger partial charge in [0.15, 0.2) is 6.61 Å². The molecule has 0 radical (unpaired) electrons. The molecule has 0 unspecified atom stereocenters. The normalized spacial score (nSPS) is 11.4. The summed E-state index contributed by atoms with van der Waals surface area (Å²) in [4.78, 5) is 20.9. The van der Waals surface area contributed by atoms with Crippen LogP contribution < -0.4 is 0 Å². The van der Waals surface area contributed by atoms with Crippen molar-refractivity contribution < 1.29 is 32.2 Å². The van der Waals surface area contributed by atoms with Crippen LogP contribution in [0.3, 0.4) is 0 Å². The van der Waals surface area contributed by atoms with Gasteiger partial charge in [-0.25, -0.2) is 9.59 Å². The number of hydrogen-bond donors (Lipinski definition) is 0. The number of hydrogen-bond acceptors (Lipinski definition) is 4. The van der Waals surface area contributed by atoms with Crippen LogP contribution in [0.2, 0.25) is 0 Å². The molecule has 0 saturated heterocycles. The first-order valence-corrected chi connectivity index (χ1v) is 3.34. The Morgan fingerprint density at radius 2 is 1.71 bits per heavy atom. The number of alkyl halides is 3. The quantitative estimate of drug-likeness (QED) is 0.513. The summed E-state index contributed by atoms with van der Waals surface area (Å²) >= 11 is 0. The smallest absolute Gasteiger partial charge is 0.422 e.